The minimum absolute atomic E-state index is 0.0484. The van der Waals surface area contributed by atoms with Gasteiger partial charge in [-0.3, -0.25) is 19.5 Å². The van der Waals surface area contributed by atoms with Crippen molar-refractivity contribution in [1.29, 1.82) is 0 Å². The van der Waals surface area contributed by atoms with Crippen LogP contribution in [0.3, 0.4) is 0 Å². The summed E-state index contributed by atoms with van der Waals surface area (Å²) < 4.78 is 0. The SMILES string of the molecule is CCc1ccc(N2C(=O)C(=O)/C(=C(\O)c3c[nH]c4ccccc34)C2c2cccnc2)cc1. The highest BCUT2D eigenvalue weighted by Gasteiger charge is 2.47. The summed E-state index contributed by atoms with van der Waals surface area (Å²) in [7, 11) is 0. The highest BCUT2D eigenvalue weighted by Crippen LogP contribution is 2.42. The number of Topliss-reactive ketones (excluding diaryl/α,β-unsaturated/α-hetero) is 1. The van der Waals surface area contributed by atoms with Crippen molar-refractivity contribution in [2.24, 2.45) is 0 Å². The number of carbonyl (C=O) groups excluding carboxylic acids is 2. The van der Waals surface area contributed by atoms with Crippen molar-refractivity contribution in [1.82, 2.24) is 9.97 Å². The quantitative estimate of drug-likeness (QED) is 0.282. The molecule has 0 saturated carbocycles. The van der Waals surface area contributed by atoms with Crippen LogP contribution in [-0.2, 0) is 16.0 Å². The smallest absolute Gasteiger partial charge is 0.300 e. The van der Waals surface area contributed by atoms with Crippen LogP contribution in [0.5, 0.6) is 0 Å². The van der Waals surface area contributed by atoms with E-state index in [1.807, 2.05) is 48.5 Å². The van der Waals surface area contributed by atoms with Gasteiger partial charge in [0.1, 0.15) is 5.76 Å². The summed E-state index contributed by atoms with van der Waals surface area (Å²) in [5.41, 5.74) is 3.73. The van der Waals surface area contributed by atoms with E-state index in [1.165, 1.54) is 4.90 Å². The van der Waals surface area contributed by atoms with Gasteiger partial charge in [0.05, 0.1) is 11.6 Å². The summed E-state index contributed by atoms with van der Waals surface area (Å²) >= 11 is 0. The number of para-hydroxylation sites is 1. The predicted molar refractivity (Wildman–Crippen MR) is 123 cm³/mol. The number of aliphatic hydroxyl groups excluding tert-OH is 1. The zero-order valence-electron chi connectivity index (χ0n) is 17.4. The van der Waals surface area contributed by atoms with Crippen LogP contribution in [0.2, 0.25) is 0 Å². The number of aromatic nitrogens is 2. The maximum absolute atomic E-state index is 13.2. The van der Waals surface area contributed by atoms with E-state index in [-0.39, 0.29) is 11.3 Å². The Bertz CT molecular complexity index is 1350. The fourth-order valence-corrected chi connectivity index (χ4v) is 4.26. The van der Waals surface area contributed by atoms with Gasteiger partial charge in [-0.1, -0.05) is 43.3 Å². The number of ketones is 1. The number of carbonyl (C=O) groups is 2. The standard InChI is InChI=1S/C26H21N3O3/c1-2-16-9-11-18(12-10-16)29-23(17-6-5-13-27-14-17)22(25(31)26(29)32)24(30)20-15-28-21-8-4-3-7-19(20)21/h3-15,23,28,30H,2H2,1H3/b24-22-. The summed E-state index contributed by atoms with van der Waals surface area (Å²) in [6.45, 7) is 2.05. The normalized spacial score (nSPS) is 17.9. The van der Waals surface area contributed by atoms with Crippen LogP contribution >= 0.6 is 0 Å². The molecule has 0 aliphatic carbocycles. The minimum Gasteiger partial charge on any atom is -0.507 e. The molecule has 1 amide bonds. The third-order valence-corrected chi connectivity index (χ3v) is 5.91. The fourth-order valence-electron chi connectivity index (χ4n) is 4.26. The monoisotopic (exact) mass is 423 g/mol. The molecule has 0 bridgehead atoms. The maximum Gasteiger partial charge on any atom is 0.300 e. The number of pyridine rings is 1. The van der Waals surface area contributed by atoms with Gasteiger partial charge in [-0.05, 0) is 41.8 Å². The van der Waals surface area contributed by atoms with Gasteiger partial charge in [0.15, 0.2) is 0 Å². The van der Waals surface area contributed by atoms with Crippen molar-refractivity contribution in [3.05, 3.63) is 102 Å². The molecule has 4 aromatic rings. The zero-order chi connectivity index (χ0) is 22.2. The number of benzene rings is 2. The largest absolute Gasteiger partial charge is 0.507 e. The maximum atomic E-state index is 13.2. The number of nitrogens with zero attached hydrogens (tertiary/aromatic N) is 2. The lowest BCUT2D eigenvalue weighted by molar-refractivity contribution is -0.132. The molecule has 1 unspecified atom stereocenters. The molecule has 6 heteroatoms. The van der Waals surface area contributed by atoms with Gasteiger partial charge in [-0.25, -0.2) is 0 Å². The van der Waals surface area contributed by atoms with Gasteiger partial charge in [0, 0.05) is 40.7 Å². The minimum atomic E-state index is -0.787. The number of rotatable bonds is 4. The molecule has 32 heavy (non-hydrogen) atoms. The molecular formula is C26H21N3O3. The van der Waals surface area contributed by atoms with Crippen molar-refractivity contribution >= 4 is 34.0 Å². The fraction of sp³-hybridized carbons (Fsp3) is 0.115. The molecule has 1 aliphatic heterocycles. The number of aliphatic hydroxyl groups is 1. The van der Waals surface area contributed by atoms with Gasteiger partial charge in [-0.2, -0.15) is 0 Å². The van der Waals surface area contributed by atoms with Gasteiger partial charge in [0.25, 0.3) is 11.7 Å². The average Bonchev–Trinajstić information content (AvgIpc) is 3.38. The van der Waals surface area contributed by atoms with E-state index in [9.17, 15) is 14.7 Å². The highest BCUT2D eigenvalue weighted by atomic mass is 16.3. The first-order chi connectivity index (χ1) is 15.6. The van der Waals surface area contributed by atoms with E-state index in [0.29, 0.717) is 16.8 Å². The van der Waals surface area contributed by atoms with Gasteiger partial charge >= 0.3 is 0 Å². The lowest BCUT2D eigenvalue weighted by Gasteiger charge is -2.25. The molecule has 1 fully saturated rings. The van der Waals surface area contributed by atoms with E-state index in [0.717, 1.165) is 22.9 Å². The Morgan fingerprint density at radius 2 is 1.84 bits per heavy atom. The number of aryl methyl sites for hydroxylation is 1. The van der Waals surface area contributed by atoms with E-state index < -0.39 is 17.7 Å². The molecule has 0 radical (unpaired) electrons. The topological polar surface area (TPSA) is 86.3 Å². The number of anilines is 1. The van der Waals surface area contributed by atoms with Crippen LogP contribution in [0.4, 0.5) is 5.69 Å². The first-order valence-electron chi connectivity index (χ1n) is 10.5. The Labute approximate surface area is 184 Å². The van der Waals surface area contributed by atoms with Crippen LogP contribution in [0.1, 0.15) is 29.7 Å². The summed E-state index contributed by atoms with van der Waals surface area (Å²) in [5, 5.41) is 12.1. The Kier molecular flexibility index (Phi) is 4.82. The number of aromatic amines is 1. The zero-order valence-corrected chi connectivity index (χ0v) is 17.4. The van der Waals surface area contributed by atoms with E-state index in [1.54, 1.807) is 30.7 Å². The first kappa shape index (κ1) is 19.8. The molecule has 1 aliphatic rings. The van der Waals surface area contributed by atoms with Crippen molar-refractivity contribution in [3.8, 4) is 0 Å². The van der Waals surface area contributed by atoms with Crippen molar-refractivity contribution in [2.45, 2.75) is 19.4 Å². The van der Waals surface area contributed by atoms with Crippen LogP contribution in [0.15, 0.2) is 84.8 Å². The van der Waals surface area contributed by atoms with E-state index >= 15 is 0 Å². The van der Waals surface area contributed by atoms with Crippen molar-refractivity contribution in [3.63, 3.8) is 0 Å². The number of fused-ring (bicyclic) bond motifs is 1. The molecule has 0 spiro atoms. The predicted octanol–water partition coefficient (Wildman–Crippen LogP) is 4.75. The van der Waals surface area contributed by atoms with Crippen LogP contribution < -0.4 is 4.90 Å². The third-order valence-electron chi connectivity index (χ3n) is 5.91. The highest BCUT2D eigenvalue weighted by molar-refractivity contribution is 6.51. The molecule has 1 atom stereocenters. The second-order valence-electron chi connectivity index (χ2n) is 7.72. The molecule has 1 saturated heterocycles. The molecule has 2 aromatic carbocycles. The number of amides is 1. The number of hydrogen-bond acceptors (Lipinski definition) is 4. The first-order valence-corrected chi connectivity index (χ1v) is 10.5. The van der Waals surface area contributed by atoms with E-state index in [2.05, 4.69) is 16.9 Å². The molecule has 2 N–H and O–H groups in total. The van der Waals surface area contributed by atoms with Crippen molar-refractivity contribution in [2.75, 3.05) is 4.90 Å². The van der Waals surface area contributed by atoms with Crippen LogP contribution in [0, 0.1) is 0 Å². The average molecular weight is 423 g/mol. The van der Waals surface area contributed by atoms with Crippen LogP contribution in [-0.4, -0.2) is 26.8 Å². The lowest BCUT2D eigenvalue weighted by atomic mass is 9.96. The van der Waals surface area contributed by atoms with Gasteiger partial charge in [-0.15, -0.1) is 0 Å². The summed E-state index contributed by atoms with van der Waals surface area (Å²) in [6.07, 6.45) is 5.77. The Balaban J connectivity index is 1.73. The molecule has 6 nitrogen and oxygen atoms in total. The summed E-state index contributed by atoms with van der Waals surface area (Å²) in [5.74, 6) is -1.60. The second kappa shape index (κ2) is 7.81. The Hall–Kier alpha value is -4.19. The molecule has 5 rings (SSSR count). The molecular weight excluding hydrogens is 402 g/mol. The number of H-pyrrole nitrogens is 1. The van der Waals surface area contributed by atoms with Crippen molar-refractivity contribution < 1.29 is 14.7 Å². The second-order valence-corrected chi connectivity index (χ2v) is 7.72. The van der Waals surface area contributed by atoms with Crippen LogP contribution in [0.25, 0.3) is 16.7 Å². The number of hydrogen-bond donors (Lipinski definition) is 2. The number of nitrogens with one attached hydrogen (secondary N) is 1. The lowest BCUT2D eigenvalue weighted by Crippen LogP contribution is -2.29. The summed E-state index contributed by atoms with van der Waals surface area (Å²) in [6, 6.07) is 17.8. The van der Waals surface area contributed by atoms with Gasteiger partial charge < -0.3 is 10.1 Å². The van der Waals surface area contributed by atoms with E-state index in [4.69, 9.17) is 0 Å². The molecule has 158 valence electrons. The summed E-state index contributed by atoms with van der Waals surface area (Å²) in [4.78, 5) is 35.2. The molecule has 2 aromatic heterocycles. The Morgan fingerprint density at radius 1 is 1.06 bits per heavy atom. The third kappa shape index (κ3) is 3.08. The Morgan fingerprint density at radius 3 is 2.56 bits per heavy atom. The molecule has 3 heterocycles. The van der Waals surface area contributed by atoms with Gasteiger partial charge in [0.2, 0.25) is 0 Å².